The van der Waals surface area contributed by atoms with Crippen molar-refractivity contribution in [2.45, 2.75) is 12.8 Å². The molecule has 2 aromatic rings. The molecule has 0 bridgehead atoms. The first-order chi connectivity index (χ1) is 9.24. The van der Waals surface area contributed by atoms with Crippen molar-refractivity contribution in [2.24, 2.45) is 5.92 Å². The summed E-state index contributed by atoms with van der Waals surface area (Å²) < 4.78 is 0. The molecule has 1 heterocycles. The number of carbonyl (C=O) groups is 1. The van der Waals surface area contributed by atoms with Crippen LogP contribution in [-0.4, -0.2) is 15.9 Å². The zero-order valence-electron chi connectivity index (χ0n) is 10.3. The number of anilines is 2. The van der Waals surface area contributed by atoms with Gasteiger partial charge in [0.05, 0.1) is 5.69 Å². The van der Waals surface area contributed by atoms with Gasteiger partial charge >= 0.3 is 0 Å². The molecule has 1 saturated carbocycles. The number of nitrogen functional groups attached to an aromatic ring is 1. The first kappa shape index (κ1) is 11.6. The first-order valence-corrected chi connectivity index (χ1v) is 6.22. The van der Waals surface area contributed by atoms with E-state index in [1.807, 2.05) is 24.3 Å². The second-order valence-electron chi connectivity index (χ2n) is 4.64. The highest BCUT2D eigenvalue weighted by atomic mass is 16.2. The molecule has 1 aliphatic rings. The van der Waals surface area contributed by atoms with E-state index in [-0.39, 0.29) is 11.8 Å². The number of rotatable bonds is 3. The summed E-state index contributed by atoms with van der Waals surface area (Å²) in [7, 11) is 0. The van der Waals surface area contributed by atoms with Crippen LogP contribution in [0.1, 0.15) is 12.8 Å². The van der Waals surface area contributed by atoms with Gasteiger partial charge in [-0.15, -0.1) is 0 Å². The number of nitrogens with one attached hydrogen (secondary N) is 1. The minimum atomic E-state index is 0.0330. The molecule has 1 aromatic heterocycles. The molecule has 96 valence electrons. The third kappa shape index (κ3) is 2.54. The van der Waals surface area contributed by atoms with E-state index in [4.69, 9.17) is 5.73 Å². The number of nitrogens with two attached hydrogens (primary N) is 1. The number of amides is 1. The van der Waals surface area contributed by atoms with Gasteiger partial charge in [-0.05, 0) is 18.9 Å². The molecule has 0 spiro atoms. The molecule has 1 amide bonds. The molecule has 5 heteroatoms. The predicted octanol–water partition coefficient (Wildman–Crippen LogP) is 2.07. The summed E-state index contributed by atoms with van der Waals surface area (Å²) in [6, 6.07) is 9.22. The van der Waals surface area contributed by atoms with Crippen LogP contribution in [0, 0.1) is 5.92 Å². The largest absolute Gasteiger partial charge is 0.398 e. The van der Waals surface area contributed by atoms with Crippen LogP contribution in [0.25, 0.3) is 11.3 Å². The van der Waals surface area contributed by atoms with Crippen LogP contribution in [-0.2, 0) is 4.79 Å². The number of carbonyl (C=O) groups excluding carboxylic acids is 1. The number of para-hydroxylation sites is 1. The molecule has 3 N–H and O–H groups in total. The van der Waals surface area contributed by atoms with Gasteiger partial charge in [0.2, 0.25) is 5.91 Å². The zero-order chi connectivity index (χ0) is 13.2. The summed E-state index contributed by atoms with van der Waals surface area (Å²) in [4.78, 5) is 19.9. The lowest BCUT2D eigenvalue weighted by molar-refractivity contribution is -0.117. The Morgan fingerprint density at radius 2 is 2.05 bits per heavy atom. The van der Waals surface area contributed by atoms with Crippen LogP contribution in [0.2, 0.25) is 0 Å². The van der Waals surface area contributed by atoms with Crippen molar-refractivity contribution >= 4 is 17.4 Å². The molecule has 0 unspecified atom stereocenters. The van der Waals surface area contributed by atoms with Gasteiger partial charge in [0, 0.05) is 23.2 Å². The van der Waals surface area contributed by atoms with E-state index in [0.717, 1.165) is 18.4 Å². The molecular formula is C14H14N4O. The SMILES string of the molecule is Nc1ccccc1-c1cc(NC(=O)C2CC2)ncn1. The first-order valence-electron chi connectivity index (χ1n) is 6.22. The van der Waals surface area contributed by atoms with Crippen molar-refractivity contribution in [3.8, 4) is 11.3 Å². The normalized spacial score (nSPS) is 14.1. The van der Waals surface area contributed by atoms with Crippen LogP contribution < -0.4 is 11.1 Å². The van der Waals surface area contributed by atoms with E-state index < -0.39 is 0 Å². The Bertz CT molecular complexity index is 622. The van der Waals surface area contributed by atoms with E-state index >= 15 is 0 Å². The van der Waals surface area contributed by atoms with Crippen LogP contribution in [0.3, 0.4) is 0 Å². The number of nitrogens with zero attached hydrogens (tertiary/aromatic N) is 2. The van der Waals surface area contributed by atoms with Gasteiger partial charge in [0.15, 0.2) is 0 Å². The van der Waals surface area contributed by atoms with Gasteiger partial charge < -0.3 is 11.1 Å². The van der Waals surface area contributed by atoms with Gasteiger partial charge in [-0.2, -0.15) is 0 Å². The van der Waals surface area contributed by atoms with Crippen LogP contribution in [0.4, 0.5) is 11.5 Å². The molecule has 0 saturated heterocycles. The number of hydrogen-bond donors (Lipinski definition) is 2. The summed E-state index contributed by atoms with van der Waals surface area (Å²) in [6.07, 6.45) is 3.37. The molecule has 5 nitrogen and oxygen atoms in total. The number of hydrogen-bond acceptors (Lipinski definition) is 4. The van der Waals surface area contributed by atoms with Crippen molar-refractivity contribution in [1.29, 1.82) is 0 Å². The van der Waals surface area contributed by atoms with Gasteiger partial charge in [-0.3, -0.25) is 4.79 Å². The molecule has 1 aliphatic carbocycles. The van der Waals surface area contributed by atoms with Crippen LogP contribution in [0.15, 0.2) is 36.7 Å². The Balaban J connectivity index is 1.87. The fraction of sp³-hybridized carbons (Fsp3) is 0.214. The van der Waals surface area contributed by atoms with Gasteiger partial charge in [-0.1, -0.05) is 18.2 Å². The lowest BCUT2D eigenvalue weighted by Gasteiger charge is -2.07. The maximum absolute atomic E-state index is 11.7. The lowest BCUT2D eigenvalue weighted by atomic mass is 10.1. The monoisotopic (exact) mass is 254 g/mol. The van der Waals surface area contributed by atoms with Gasteiger partial charge in [0.1, 0.15) is 12.1 Å². The minimum absolute atomic E-state index is 0.0330. The van der Waals surface area contributed by atoms with E-state index in [9.17, 15) is 4.79 Å². The third-order valence-electron chi connectivity index (χ3n) is 3.10. The maximum Gasteiger partial charge on any atom is 0.228 e. The average Bonchev–Trinajstić information content (AvgIpc) is 3.24. The van der Waals surface area contributed by atoms with Crippen molar-refractivity contribution in [1.82, 2.24) is 9.97 Å². The standard InChI is InChI=1S/C14H14N4O/c15-11-4-2-1-3-10(11)12-7-13(17-8-16-12)18-14(19)9-5-6-9/h1-4,7-9H,5-6,15H2,(H,16,17,18,19). The van der Waals surface area contributed by atoms with E-state index in [2.05, 4.69) is 15.3 Å². The van der Waals surface area contributed by atoms with Crippen LogP contribution in [0.5, 0.6) is 0 Å². The van der Waals surface area contributed by atoms with Crippen molar-refractivity contribution in [3.63, 3.8) is 0 Å². The van der Waals surface area contributed by atoms with Gasteiger partial charge in [-0.25, -0.2) is 9.97 Å². The summed E-state index contributed by atoms with van der Waals surface area (Å²) in [5.74, 6) is 0.705. The molecule has 1 fully saturated rings. The predicted molar refractivity (Wildman–Crippen MR) is 73.2 cm³/mol. The lowest BCUT2D eigenvalue weighted by Crippen LogP contribution is -2.14. The highest BCUT2D eigenvalue weighted by molar-refractivity contribution is 5.93. The van der Waals surface area contributed by atoms with Crippen LogP contribution >= 0.6 is 0 Å². The second-order valence-corrected chi connectivity index (χ2v) is 4.64. The highest BCUT2D eigenvalue weighted by Crippen LogP contribution is 2.30. The highest BCUT2D eigenvalue weighted by Gasteiger charge is 2.29. The summed E-state index contributed by atoms with van der Waals surface area (Å²) in [5, 5.41) is 2.80. The smallest absolute Gasteiger partial charge is 0.228 e. The Morgan fingerprint density at radius 3 is 2.79 bits per heavy atom. The zero-order valence-corrected chi connectivity index (χ0v) is 10.3. The summed E-state index contributed by atoms with van der Waals surface area (Å²) >= 11 is 0. The molecule has 0 radical (unpaired) electrons. The quantitative estimate of drug-likeness (QED) is 0.822. The Morgan fingerprint density at radius 1 is 1.26 bits per heavy atom. The van der Waals surface area contributed by atoms with Gasteiger partial charge in [0.25, 0.3) is 0 Å². The maximum atomic E-state index is 11.7. The van der Waals surface area contributed by atoms with E-state index in [1.165, 1.54) is 6.33 Å². The molecule has 3 rings (SSSR count). The summed E-state index contributed by atoms with van der Waals surface area (Å²) in [6.45, 7) is 0. The van der Waals surface area contributed by atoms with E-state index in [0.29, 0.717) is 17.2 Å². The molecular weight excluding hydrogens is 240 g/mol. The minimum Gasteiger partial charge on any atom is -0.398 e. The molecule has 19 heavy (non-hydrogen) atoms. The third-order valence-corrected chi connectivity index (χ3v) is 3.10. The molecule has 0 aliphatic heterocycles. The second kappa shape index (κ2) is 4.68. The average molecular weight is 254 g/mol. The Labute approximate surface area is 110 Å². The van der Waals surface area contributed by atoms with Crippen molar-refractivity contribution in [3.05, 3.63) is 36.7 Å². The summed E-state index contributed by atoms with van der Waals surface area (Å²) in [5.41, 5.74) is 8.12. The van der Waals surface area contributed by atoms with E-state index in [1.54, 1.807) is 6.07 Å². The number of aromatic nitrogens is 2. The Kier molecular flexibility index (Phi) is 2.87. The Hall–Kier alpha value is -2.43. The topological polar surface area (TPSA) is 80.9 Å². The fourth-order valence-electron chi connectivity index (χ4n) is 1.88. The molecule has 0 atom stereocenters. The van der Waals surface area contributed by atoms with Crippen molar-refractivity contribution in [2.75, 3.05) is 11.1 Å². The fourth-order valence-corrected chi connectivity index (χ4v) is 1.88. The molecule has 1 aromatic carbocycles. The number of benzene rings is 1. The van der Waals surface area contributed by atoms with Crippen molar-refractivity contribution < 1.29 is 4.79 Å².